The molecule has 0 aromatic rings. The molecular weight excluding hydrogens is 172 g/mol. The average Bonchev–Trinajstić information content (AvgIpc) is 2.63. The topological polar surface area (TPSA) is 17.1 Å². The summed E-state index contributed by atoms with van der Waals surface area (Å²) in [6.45, 7) is 12.9. The first-order chi connectivity index (χ1) is 6.69. The van der Waals surface area contributed by atoms with Gasteiger partial charge >= 0.3 is 0 Å². The number of ketones is 1. The van der Waals surface area contributed by atoms with Crippen LogP contribution < -0.4 is 0 Å². The van der Waals surface area contributed by atoms with Gasteiger partial charge in [-0.2, -0.15) is 0 Å². The maximum absolute atomic E-state index is 11.0. The van der Waals surface area contributed by atoms with E-state index in [1.54, 1.807) is 19.1 Å². The maximum atomic E-state index is 11.0. The van der Waals surface area contributed by atoms with Crippen molar-refractivity contribution in [1.82, 2.24) is 0 Å². The van der Waals surface area contributed by atoms with Crippen LogP contribution >= 0.6 is 0 Å². The molecule has 0 spiro atoms. The number of rotatable bonds is 3. The van der Waals surface area contributed by atoms with Crippen molar-refractivity contribution in [2.75, 3.05) is 0 Å². The summed E-state index contributed by atoms with van der Waals surface area (Å²) in [6.07, 6.45) is 6.13. The third-order valence-electron chi connectivity index (χ3n) is 2.00. The summed E-state index contributed by atoms with van der Waals surface area (Å²) in [4.78, 5) is 11.0. The Morgan fingerprint density at radius 2 is 1.93 bits per heavy atom. The first-order valence-electron chi connectivity index (χ1n) is 4.88. The molecule has 1 rings (SSSR count). The molecule has 0 saturated carbocycles. The van der Waals surface area contributed by atoms with Gasteiger partial charge in [-0.25, -0.2) is 0 Å². The number of Topliss-reactive ketones (excluding diaryl/α,β-unsaturated/α-hetero) is 1. The van der Waals surface area contributed by atoms with Crippen molar-refractivity contribution in [3.05, 3.63) is 48.1 Å². The summed E-state index contributed by atoms with van der Waals surface area (Å²) >= 11 is 0. The Morgan fingerprint density at radius 3 is 2.21 bits per heavy atom. The van der Waals surface area contributed by atoms with E-state index >= 15 is 0 Å². The van der Waals surface area contributed by atoms with Crippen LogP contribution in [0.5, 0.6) is 0 Å². The van der Waals surface area contributed by atoms with E-state index < -0.39 is 0 Å². The molecule has 0 bridgehead atoms. The lowest BCUT2D eigenvalue weighted by molar-refractivity contribution is -0.113. The molecule has 0 aliphatic heterocycles. The number of carbonyl (C=O) groups is 1. The van der Waals surface area contributed by atoms with E-state index in [0.29, 0.717) is 6.42 Å². The molecule has 1 nitrogen and oxygen atoms in total. The average molecular weight is 190 g/mol. The van der Waals surface area contributed by atoms with Gasteiger partial charge in [-0.3, -0.25) is 4.79 Å². The van der Waals surface area contributed by atoms with Crippen molar-refractivity contribution in [1.29, 1.82) is 0 Å². The van der Waals surface area contributed by atoms with Gasteiger partial charge in [0.15, 0.2) is 5.78 Å². The smallest absolute Gasteiger partial charge is 0.156 e. The van der Waals surface area contributed by atoms with Crippen LogP contribution in [0.25, 0.3) is 0 Å². The summed E-state index contributed by atoms with van der Waals surface area (Å²) in [5.74, 6) is 0.131. The standard InChI is InChI=1S/C11H12O.C2H6/c1-4-9-6-11(8(3)12)7-10(9)5-2;1-2/h4-6H,1-2,7H2,3H3;1-2H3. The van der Waals surface area contributed by atoms with E-state index in [9.17, 15) is 4.79 Å². The SMILES string of the molecule is C=CC1=C(C=C)CC(C(C)=O)=C1.CC. The van der Waals surface area contributed by atoms with Gasteiger partial charge in [0.1, 0.15) is 0 Å². The molecule has 0 N–H and O–H groups in total. The van der Waals surface area contributed by atoms with Crippen molar-refractivity contribution in [2.45, 2.75) is 27.2 Å². The molecule has 1 aliphatic rings. The highest BCUT2D eigenvalue weighted by Crippen LogP contribution is 2.26. The summed E-state index contributed by atoms with van der Waals surface area (Å²) in [5, 5.41) is 0. The zero-order chi connectivity index (χ0) is 11.1. The van der Waals surface area contributed by atoms with Crippen molar-refractivity contribution < 1.29 is 4.79 Å². The second-order valence-electron chi connectivity index (χ2n) is 2.79. The minimum atomic E-state index is 0.131. The molecule has 1 aliphatic carbocycles. The van der Waals surface area contributed by atoms with Gasteiger partial charge in [-0.05, 0) is 29.7 Å². The van der Waals surface area contributed by atoms with E-state index in [-0.39, 0.29) is 5.78 Å². The summed E-state index contributed by atoms with van der Waals surface area (Å²) in [6, 6.07) is 0. The summed E-state index contributed by atoms with van der Waals surface area (Å²) in [7, 11) is 0. The predicted molar refractivity (Wildman–Crippen MR) is 62.1 cm³/mol. The number of carbonyl (C=O) groups excluding carboxylic acids is 1. The molecule has 0 saturated heterocycles. The molecule has 0 aromatic carbocycles. The summed E-state index contributed by atoms with van der Waals surface area (Å²) in [5.41, 5.74) is 2.96. The highest BCUT2D eigenvalue weighted by Gasteiger charge is 2.14. The third kappa shape index (κ3) is 2.84. The van der Waals surface area contributed by atoms with Crippen molar-refractivity contribution in [3.63, 3.8) is 0 Å². The summed E-state index contributed by atoms with van der Waals surface area (Å²) < 4.78 is 0. The van der Waals surface area contributed by atoms with Gasteiger partial charge in [0.25, 0.3) is 0 Å². The zero-order valence-electron chi connectivity index (χ0n) is 9.26. The number of allylic oxidation sites excluding steroid dienone is 6. The minimum Gasteiger partial charge on any atom is -0.295 e. The Kier molecular flexibility index (Phi) is 5.54. The maximum Gasteiger partial charge on any atom is 0.156 e. The fraction of sp³-hybridized carbons (Fsp3) is 0.308. The first-order valence-corrected chi connectivity index (χ1v) is 4.88. The molecule has 0 amide bonds. The zero-order valence-corrected chi connectivity index (χ0v) is 9.26. The molecule has 0 unspecified atom stereocenters. The Balaban J connectivity index is 0.000000791. The highest BCUT2D eigenvalue weighted by molar-refractivity contribution is 5.95. The van der Waals surface area contributed by atoms with Gasteiger partial charge in [-0.1, -0.05) is 39.2 Å². The van der Waals surface area contributed by atoms with E-state index in [2.05, 4.69) is 13.2 Å². The molecule has 0 fully saturated rings. The highest BCUT2D eigenvalue weighted by atomic mass is 16.1. The molecule has 0 atom stereocenters. The van der Waals surface area contributed by atoms with Crippen LogP contribution in [-0.2, 0) is 4.79 Å². The monoisotopic (exact) mass is 190 g/mol. The second kappa shape index (κ2) is 6.14. The Morgan fingerprint density at radius 1 is 1.36 bits per heavy atom. The molecule has 14 heavy (non-hydrogen) atoms. The molecule has 0 radical (unpaired) electrons. The van der Waals surface area contributed by atoms with Crippen LogP contribution in [0.1, 0.15) is 27.2 Å². The lowest BCUT2D eigenvalue weighted by Crippen LogP contribution is -1.92. The Bertz CT molecular complexity index is 303. The quantitative estimate of drug-likeness (QED) is 0.664. The van der Waals surface area contributed by atoms with E-state index in [0.717, 1.165) is 16.7 Å². The molecule has 1 heteroatoms. The van der Waals surface area contributed by atoms with E-state index in [4.69, 9.17) is 0 Å². The molecule has 0 aromatic heterocycles. The van der Waals surface area contributed by atoms with Crippen molar-refractivity contribution in [3.8, 4) is 0 Å². The van der Waals surface area contributed by atoms with Crippen LogP contribution in [0, 0.1) is 0 Å². The number of hydrogen-bond donors (Lipinski definition) is 0. The van der Waals surface area contributed by atoms with Crippen molar-refractivity contribution in [2.24, 2.45) is 0 Å². The van der Waals surface area contributed by atoms with Crippen LogP contribution in [0.15, 0.2) is 48.1 Å². The van der Waals surface area contributed by atoms with E-state index in [1.807, 2.05) is 19.9 Å². The molecule has 76 valence electrons. The number of hydrogen-bond acceptors (Lipinski definition) is 1. The van der Waals surface area contributed by atoms with Crippen LogP contribution in [0.2, 0.25) is 0 Å². The largest absolute Gasteiger partial charge is 0.295 e. The van der Waals surface area contributed by atoms with Gasteiger partial charge in [0.05, 0.1) is 0 Å². The van der Waals surface area contributed by atoms with Gasteiger partial charge in [0, 0.05) is 6.42 Å². The predicted octanol–water partition coefficient (Wildman–Crippen LogP) is 3.60. The normalized spacial score (nSPS) is 14.1. The Labute approximate surface area is 86.5 Å². The van der Waals surface area contributed by atoms with Crippen LogP contribution in [-0.4, -0.2) is 5.78 Å². The lowest BCUT2D eigenvalue weighted by Gasteiger charge is -1.95. The van der Waals surface area contributed by atoms with Gasteiger partial charge in [0.2, 0.25) is 0 Å². The third-order valence-corrected chi connectivity index (χ3v) is 2.00. The lowest BCUT2D eigenvalue weighted by atomic mass is 10.1. The second-order valence-corrected chi connectivity index (χ2v) is 2.79. The minimum absolute atomic E-state index is 0.131. The molecular formula is C13H18O. The fourth-order valence-corrected chi connectivity index (χ4v) is 1.24. The van der Waals surface area contributed by atoms with Crippen LogP contribution in [0.4, 0.5) is 0 Å². The van der Waals surface area contributed by atoms with Crippen molar-refractivity contribution >= 4 is 5.78 Å². The molecule has 0 heterocycles. The first kappa shape index (κ1) is 12.6. The van der Waals surface area contributed by atoms with Crippen LogP contribution in [0.3, 0.4) is 0 Å². The fourth-order valence-electron chi connectivity index (χ4n) is 1.24. The van der Waals surface area contributed by atoms with Gasteiger partial charge < -0.3 is 0 Å². The Hall–Kier alpha value is -1.37. The van der Waals surface area contributed by atoms with Gasteiger partial charge in [-0.15, -0.1) is 0 Å². The van der Waals surface area contributed by atoms with E-state index in [1.165, 1.54) is 0 Å².